The summed E-state index contributed by atoms with van der Waals surface area (Å²) in [5, 5.41) is 0. The lowest BCUT2D eigenvalue weighted by Gasteiger charge is -2.27. The van der Waals surface area contributed by atoms with Crippen LogP contribution in [0.3, 0.4) is 0 Å². The molecule has 1 atom stereocenters. The van der Waals surface area contributed by atoms with E-state index in [0.29, 0.717) is 25.2 Å². The number of carbonyl (C=O) groups is 1. The Bertz CT molecular complexity index is 1030. The van der Waals surface area contributed by atoms with Gasteiger partial charge in [-0.2, -0.15) is 4.31 Å². The fraction of sp³-hybridized carbons (Fsp3) is 0.381. The van der Waals surface area contributed by atoms with Gasteiger partial charge >= 0.3 is 0 Å². The SMILES string of the molecule is CC(=O)N1CCc2cc(Br)cc(S(=O)(=O)N3CCCC3c3ccc(C)cc3)c21. The van der Waals surface area contributed by atoms with Crippen LogP contribution in [-0.4, -0.2) is 31.7 Å². The second-order valence-electron chi connectivity index (χ2n) is 7.52. The van der Waals surface area contributed by atoms with Crippen molar-refractivity contribution >= 4 is 37.5 Å². The van der Waals surface area contributed by atoms with Crippen LogP contribution in [0.4, 0.5) is 5.69 Å². The van der Waals surface area contributed by atoms with Gasteiger partial charge in [0.25, 0.3) is 0 Å². The number of hydrogen-bond acceptors (Lipinski definition) is 3. The van der Waals surface area contributed by atoms with E-state index in [1.165, 1.54) is 6.92 Å². The van der Waals surface area contributed by atoms with Crippen molar-refractivity contribution in [2.45, 2.75) is 44.0 Å². The fourth-order valence-electron chi connectivity index (χ4n) is 4.26. The van der Waals surface area contributed by atoms with E-state index in [4.69, 9.17) is 0 Å². The number of hydrogen-bond donors (Lipinski definition) is 0. The normalized spacial score (nSPS) is 19.8. The Labute approximate surface area is 174 Å². The van der Waals surface area contributed by atoms with Crippen molar-refractivity contribution in [3.05, 3.63) is 57.6 Å². The molecule has 2 heterocycles. The van der Waals surface area contributed by atoms with Gasteiger partial charge in [0.15, 0.2) is 0 Å². The molecular formula is C21H23BrN2O3S. The van der Waals surface area contributed by atoms with Crippen LogP contribution in [0.15, 0.2) is 45.8 Å². The minimum atomic E-state index is -3.75. The summed E-state index contributed by atoms with van der Waals surface area (Å²) in [6.07, 6.45) is 2.29. The molecule has 2 aliphatic rings. The standard InChI is InChI=1S/C21H23BrN2O3S/c1-14-5-7-16(8-6-14)19-4-3-10-24(19)28(26,27)20-13-18(22)12-17-9-11-23(15(2)25)21(17)20/h5-8,12-13,19H,3-4,9-11H2,1-2H3. The van der Waals surface area contributed by atoms with Gasteiger partial charge in [-0.1, -0.05) is 45.8 Å². The molecule has 28 heavy (non-hydrogen) atoms. The molecule has 4 rings (SSSR count). The van der Waals surface area contributed by atoms with Crippen molar-refractivity contribution in [3.63, 3.8) is 0 Å². The third-order valence-corrected chi connectivity index (χ3v) is 8.01. The first-order chi connectivity index (χ1) is 13.3. The summed E-state index contributed by atoms with van der Waals surface area (Å²) in [4.78, 5) is 13.9. The molecule has 0 radical (unpaired) electrons. The summed E-state index contributed by atoms with van der Waals surface area (Å²) in [6.45, 7) is 4.51. The Morgan fingerprint density at radius 3 is 2.54 bits per heavy atom. The second-order valence-corrected chi connectivity index (χ2v) is 10.3. The highest BCUT2D eigenvalue weighted by molar-refractivity contribution is 9.10. The molecule has 0 aliphatic carbocycles. The summed E-state index contributed by atoms with van der Waals surface area (Å²) in [5.41, 5.74) is 3.61. The first-order valence-corrected chi connectivity index (χ1v) is 11.7. The Balaban J connectivity index is 1.81. The molecule has 7 heteroatoms. The van der Waals surface area contributed by atoms with E-state index in [0.717, 1.165) is 34.0 Å². The molecular weight excluding hydrogens is 440 g/mol. The molecule has 2 aromatic rings. The third kappa shape index (κ3) is 3.29. The number of aryl methyl sites for hydroxylation is 1. The number of halogens is 1. The highest BCUT2D eigenvalue weighted by atomic mass is 79.9. The number of anilines is 1. The van der Waals surface area contributed by atoms with Crippen molar-refractivity contribution in [2.75, 3.05) is 18.0 Å². The monoisotopic (exact) mass is 462 g/mol. The van der Waals surface area contributed by atoms with Crippen LogP contribution < -0.4 is 4.90 Å². The zero-order valence-corrected chi connectivity index (χ0v) is 18.4. The number of rotatable bonds is 3. The number of sulfonamides is 1. The van der Waals surface area contributed by atoms with Gasteiger partial charge in [0.1, 0.15) is 4.90 Å². The van der Waals surface area contributed by atoms with Gasteiger partial charge in [-0.05, 0) is 49.4 Å². The number of benzene rings is 2. The molecule has 0 saturated carbocycles. The fourth-order valence-corrected chi connectivity index (χ4v) is 6.86. The summed E-state index contributed by atoms with van der Waals surface area (Å²) < 4.78 is 29.8. The molecule has 5 nitrogen and oxygen atoms in total. The molecule has 0 bridgehead atoms. The number of fused-ring (bicyclic) bond motifs is 1. The van der Waals surface area contributed by atoms with Gasteiger partial charge in [0, 0.05) is 24.5 Å². The minimum Gasteiger partial charge on any atom is -0.311 e. The van der Waals surface area contributed by atoms with E-state index < -0.39 is 10.0 Å². The Morgan fingerprint density at radius 1 is 1.14 bits per heavy atom. The zero-order valence-electron chi connectivity index (χ0n) is 16.0. The van der Waals surface area contributed by atoms with Crippen LogP contribution in [0.25, 0.3) is 0 Å². The quantitative estimate of drug-likeness (QED) is 0.686. The highest BCUT2D eigenvalue weighted by Gasteiger charge is 2.40. The lowest BCUT2D eigenvalue weighted by molar-refractivity contribution is -0.116. The molecule has 1 saturated heterocycles. The number of carbonyl (C=O) groups excluding carboxylic acids is 1. The summed E-state index contributed by atoms with van der Waals surface area (Å²) in [5.74, 6) is -0.131. The van der Waals surface area contributed by atoms with Gasteiger partial charge in [-0.15, -0.1) is 0 Å². The Morgan fingerprint density at radius 2 is 1.86 bits per heavy atom. The molecule has 0 spiro atoms. The van der Waals surface area contributed by atoms with Gasteiger partial charge in [0.05, 0.1) is 11.7 Å². The van der Waals surface area contributed by atoms with Crippen LogP contribution in [0, 0.1) is 6.92 Å². The van der Waals surface area contributed by atoms with E-state index in [1.807, 2.05) is 37.3 Å². The third-order valence-electron chi connectivity index (χ3n) is 5.63. The van der Waals surface area contributed by atoms with Crippen molar-refractivity contribution in [3.8, 4) is 0 Å². The smallest absolute Gasteiger partial charge is 0.245 e. The first-order valence-electron chi connectivity index (χ1n) is 9.48. The molecule has 1 amide bonds. The van der Waals surface area contributed by atoms with Crippen LogP contribution in [0.2, 0.25) is 0 Å². The largest absolute Gasteiger partial charge is 0.311 e. The van der Waals surface area contributed by atoms with E-state index in [-0.39, 0.29) is 16.8 Å². The topological polar surface area (TPSA) is 57.7 Å². The van der Waals surface area contributed by atoms with Crippen molar-refractivity contribution in [2.24, 2.45) is 0 Å². The summed E-state index contributed by atoms with van der Waals surface area (Å²) in [7, 11) is -3.75. The predicted molar refractivity (Wildman–Crippen MR) is 113 cm³/mol. The van der Waals surface area contributed by atoms with Crippen LogP contribution >= 0.6 is 15.9 Å². The highest BCUT2D eigenvalue weighted by Crippen LogP contribution is 2.43. The van der Waals surface area contributed by atoms with Gasteiger partial charge in [-0.3, -0.25) is 4.79 Å². The van der Waals surface area contributed by atoms with E-state index >= 15 is 0 Å². The molecule has 2 aliphatic heterocycles. The lowest BCUT2D eigenvalue weighted by atomic mass is 10.0. The van der Waals surface area contributed by atoms with Crippen LogP contribution in [-0.2, 0) is 21.2 Å². The second kappa shape index (κ2) is 7.28. The maximum absolute atomic E-state index is 13.7. The molecule has 1 fully saturated rings. The number of nitrogens with zero attached hydrogens (tertiary/aromatic N) is 2. The lowest BCUT2D eigenvalue weighted by Crippen LogP contribution is -2.33. The van der Waals surface area contributed by atoms with Crippen molar-refractivity contribution in [1.82, 2.24) is 4.31 Å². The van der Waals surface area contributed by atoms with Crippen molar-refractivity contribution < 1.29 is 13.2 Å². The van der Waals surface area contributed by atoms with Gasteiger partial charge in [-0.25, -0.2) is 8.42 Å². The summed E-state index contributed by atoms with van der Waals surface area (Å²) >= 11 is 3.46. The van der Waals surface area contributed by atoms with E-state index in [9.17, 15) is 13.2 Å². The molecule has 0 aromatic heterocycles. The van der Waals surface area contributed by atoms with Gasteiger partial charge < -0.3 is 4.90 Å². The first kappa shape index (κ1) is 19.6. The Kier molecular flexibility index (Phi) is 5.10. The average Bonchev–Trinajstić information content (AvgIpc) is 3.28. The molecule has 0 N–H and O–H groups in total. The summed E-state index contributed by atoms with van der Waals surface area (Å²) in [6, 6.07) is 11.5. The van der Waals surface area contributed by atoms with E-state index in [1.54, 1.807) is 15.3 Å². The average molecular weight is 463 g/mol. The minimum absolute atomic E-state index is 0.131. The maximum atomic E-state index is 13.7. The Hall–Kier alpha value is -1.70. The van der Waals surface area contributed by atoms with Crippen LogP contribution in [0.5, 0.6) is 0 Å². The maximum Gasteiger partial charge on any atom is 0.245 e. The predicted octanol–water partition coefficient (Wildman–Crippen LogP) is 4.19. The molecule has 2 aromatic carbocycles. The van der Waals surface area contributed by atoms with Crippen LogP contribution in [0.1, 0.15) is 42.5 Å². The number of amides is 1. The molecule has 148 valence electrons. The zero-order chi connectivity index (χ0) is 20.1. The van der Waals surface area contributed by atoms with Gasteiger partial charge in [0.2, 0.25) is 15.9 Å². The van der Waals surface area contributed by atoms with Crippen molar-refractivity contribution in [1.29, 1.82) is 0 Å². The molecule has 1 unspecified atom stereocenters. The van der Waals surface area contributed by atoms with E-state index in [2.05, 4.69) is 15.9 Å².